The van der Waals surface area contributed by atoms with Gasteiger partial charge in [0, 0.05) is 38.8 Å². The third-order valence-corrected chi connectivity index (χ3v) is 5.06. The van der Waals surface area contributed by atoms with Gasteiger partial charge in [-0.1, -0.05) is 18.2 Å². The van der Waals surface area contributed by atoms with E-state index in [9.17, 15) is 4.79 Å². The molecule has 2 aliphatic heterocycles. The minimum Gasteiger partial charge on any atom is -0.493 e. The van der Waals surface area contributed by atoms with Crippen LogP contribution in [0.2, 0.25) is 0 Å². The zero-order chi connectivity index (χ0) is 17.6. The van der Waals surface area contributed by atoms with Gasteiger partial charge in [0.25, 0.3) is 0 Å². The molecule has 5 heteroatoms. The van der Waals surface area contributed by atoms with Crippen molar-refractivity contribution in [3.8, 4) is 5.75 Å². The molecular weight excluding hydrogens is 314 g/mol. The maximum Gasteiger partial charge on any atom is 0.234 e. The van der Waals surface area contributed by atoms with Crippen LogP contribution in [-0.4, -0.2) is 67.6 Å². The average Bonchev–Trinajstić information content (AvgIpc) is 2.77. The summed E-state index contributed by atoms with van der Waals surface area (Å²) in [5.74, 6) is 1.85. The van der Waals surface area contributed by atoms with Crippen LogP contribution >= 0.6 is 0 Å². The number of hydrogen-bond acceptors (Lipinski definition) is 4. The largest absolute Gasteiger partial charge is 0.493 e. The molecule has 0 bridgehead atoms. The molecular formula is C20H31N3O2. The number of benzene rings is 1. The van der Waals surface area contributed by atoms with Crippen molar-refractivity contribution in [3.05, 3.63) is 29.8 Å². The van der Waals surface area contributed by atoms with Crippen LogP contribution in [0, 0.1) is 5.92 Å². The Kier molecular flexibility index (Phi) is 6.32. The van der Waals surface area contributed by atoms with Gasteiger partial charge in [-0.25, -0.2) is 0 Å². The average molecular weight is 345 g/mol. The van der Waals surface area contributed by atoms with Crippen LogP contribution in [0.5, 0.6) is 5.75 Å². The molecule has 1 aromatic rings. The van der Waals surface area contributed by atoms with Gasteiger partial charge in [0.05, 0.1) is 13.2 Å². The number of fused-ring (bicyclic) bond motifs is 1. The molecule has 1 amide bonds. The zero-order valence-corrected chi connectivity index (χ0v) is 15.5. The first-order valence-corrected chi connectivity index (χ1v) is 9.55. The molecule has 1 N–H and O–H groups in total. The van der Waals surface area contributed by atoms with E-state index in [4.69, 9.17) is 4.74 Å². The van der Waals surface area contributed by atoms with Crippen molar-refractivity contribution >= 4 is 5.91 Å². The second-order valence-electron chi connectivity index (χ2n) is 7.61. The summed E-state index contributed by atoms with van der Waals surface area (Å²) in [6.45, 7) is 10.5. The summed E-state index contributed by atoms with van der Waals surface area (Å²) >= 11 is 0. The SMILES string of the molecule is CC(C)NC(=O)CN1CCN(C[C@H]2CCOc3ccccc3C2)CC1. The molecule has 0 saturated carbocycles. The number of ether oxygens (including phenoxy) is 1. The van der Waals surface area contributed by atoms with Crippen molar-refractivity contribution in [3.63, 3.8) is 0 Å². The molecule has 1 aromatic carbocycles. The fourth-order valence-corrected chi connectivity index (χ4v) is 3.78. The Hall–Kier alpha value is -1.59. The topological polar surface area (TPSA) is 44.8 Å². The molecule has 138 valence electrons. The van der Waals surface area contributed by atoms with E-state index in [0.29, 0.717) is 12.5 Å². The smallest absolute Gasteiger partial charge is 0.234 e. The Morgan fingerprint density at radius 3 is 2.68 bits per heavy atom. The second-order valence-corrected chi connectivity index (χ2v) is 7.61. The van der Waals surface area contributed by atoms with E-state index in [1.807, 2.05) is 19.9 Å². The monoisotopic (exact) mass is 345 g/mol. The number of amides is 1. The van der Waals surface area contributed by atoms with Crippen LogP contribution in [0.4, 0.5) is 0 Å². The molecule has 0 spiro atoms. The maximum absolute atomic E-state index is 11.9. The standard InChI is InChI=1S/C20H31N3O2/c1-16(2)21-20(24)15-23-10-8-22(9-11-23)14-17-7-12-25-19-6-4-3-5-18(19)13-17/h3-6,16-17H,7-15H2,1-2H3,(H,21,24)/t17-/m0/s1. The number of nitrogens with zero attached hydrogens (tertiary/aromatic N) is 2. The molecule has 0 aliphatic carbocycles. The van der Waals surface area contributed by atoms with Gasteiger partial charge in [-0.05, 0) is 44.2 Å². The molecule has 1 fully saturated rings. The van der Waals surface area contributed by atoms with E-state index in [2.05, 4.69) is 33.3 Å². The number of hydrogen-bond donors (Lipinski definition) is 1. The minimum atomic E-state index is 0.140. The number of para-hydroxylation sites is 1. The quantitative estimate of drug-likeness (QED) is 0.883. The Morgan fingerprint density at radius 1 is 1.20 bits per heavy atom. The molecule has 1 saturated heterocycles. The first-order chi connectivity index (χ1) is 12.1. The molecule has 5 nitrogen and oxygen atoms in total. The summed E-state index contributed by atoms with van der Waals surface area (Å²) in [5.41, 5.74) is 1.34. The van der Waals surface area contributed by atoms with Crippen molar-refractivity contribution in [2.75, 3.05) is 45.9 Å². The summed E-state index contributed by atoms with van der Waals surface area (Å²) in [4.78, 5) is 16.7. The highest BCUT2D eigenvalue weighted by molar-refractivity contribution is 5.78. The summed E-state index contributed by atoms with van der Waals surface area (Å²) in [5, 5.41) is 2.98. The molecule has 3 rings (SSSR count). The van der Waals surface area contributed by atoms with Gasteiger partial charge >= 0.3 is 0 Å². The minimum absolute atomic E-state index is 0.140. The summed E-state index contributed by atoms with van der Waals surface area (Å²) in [7, 11) is 0. The lowest BCUT2D eigenvalue weighted by Crippen LogP contribution is -2.51. The van der Waals surface area contributed by atoms with E-state index < -0.39 is 0 Å². The van der Waals surface area contributed by atoms with Gasteiger partial charge in [-0.2, -0.15) is 0 Å². The van der Waals surface area contributed by atoms with Crippen molar-refractivity contribution in [1.82, 2.24) is 15.1 Å². The maximum atomic E-state index is 11.9. The number of carbonyl (C=O) groups excluding carboxylic acids is 1. The summed E-state index contributed by atoms with van der Waals surface area (Å²) in [6.07, 6.45) is 2.22. The van der Waals surface area contributed by atoms with Crippen LogP contribution < -0.4 is 10.1 Å². The van der Waals surface area contributed by atoms with E-state index in [0.717, 1.165) is 57.9 Å². The van der Waals surface area contributed by atoms with Gasteiger partial charge in [0.2, 0.25) is 5.91 Å². The van der Waals surface area contributed by atoms with E-state index >= 15 is 0 Å². The number of nitrogens with one attached hydrogen (secondary N) is 1. The van der Waals surface area contributed by atoms with Gasteiger partial charge in [0.1, 0.15) is 5.75 Å². The van der Waals surface area contributed by atoms with Crippen molar-refractivity contribution < 1.29 is 9.53 Å². The predicted molar refractivity (Wildman–Crippen MR) is 99.9 cm³/mol. The highest BCUT2D eigenvalue weighted by Crippen LogP contribution is 2.27. The summed E-state index contributed by atoms with van der Waals surface area (Å²) in [6, 6.07) is 8.64. The van der Waals surface area contributed by atoms with Crippen LogP contribution in [-0.2, 0) is 11.2 Å². The molecule has 1 atom stereocenters. The third kappa shape index (κ3) is 5.44. The third-order valence-electron chi connectivity index (χ3n) is 5.06. The van der Waals surface area contributed by atoms with Crippen LogP contribution in [0.1, 0.15) is 25.8 Å². The van der Waals surface area contributed by atoms with Gasteiger partial charge in [-0.3, -0.25) is 9.69 Å². The van der Waals surface area contributed by atoms with Crippen molar-refractivity contribution in [2.24, 2.45) is 5.92 Å². The molecule has 2 aliphatic rings. The Balaban J connectivity index is 1.44. The van der Waals surface area contributed by atoms with E-state index in [1.165, 1.54) is 5.56 Å². The lowest BCUT2D eigenvalue weighted by molar-refractivity contribution is -0.123. The van der Waals surface area contributed by atoms with E-state index in [1.54, 1.807) is 0 Å². The first-order valence-electron chi connectivity index (χ1n) is 9.55. The number of carbonyl (C=O) groups is 1. The van der Waals surface area contributed by atoms with Crippen LogP contribution in [0.15, 0.2) is 24.3 Å². The fourth-order valence-electron chi connectivity index (χ4n) is 3.78. The first kappa shape index (κ1) is 18.2. The Bertz CT molecular complexity index is 568. The zero-order valence-electron chi connectivity index (χ0n) is 15.5. The number of piperazine rings is 1. The molecule has 2 heterocycles. The van der Waals surface area contributed by atoms with Crippen molar-refractivity contribution in [1.29, 1.82) is 0 Å². The summed E-state index contributed by atoms with van der Waals surface area (Å²) < 4.78 is 5.89. The van der Waals surface area contributed by atoms with E-state index in [-0.39, 0.29) is 11.9 Å². The van der Waals surface area contributed by atoms with Crippen LogP contribution in [0.3, 0.4) is 0 Å². The predicted octanol–water partition coefficient (Wildman–Crippen LogP) is 1.77. The van der Waals surface area contributed by atoms with Crippen molar-refractivity contribution in [2.45, 2.75) is 32.7 Å². The highest BCUT2D eigenvalue weighted by Gasteiger charge is 2.23. The number of rotatable bonds is 5. The molecule has 25 heavy (non-hydrogen) atoms. The van der Waals surface area contributed by atoms with Gasteiger partial charge < -0.3 is 15.0 Å². The Labute approximate surface area is 151 Å². The lowest BCUT2D eigenvalue weighted by atomic mass is 9.96. The second kappa shape index (κ2) is 8.68. The van der Waals surface area contributed by atoms with Gasteiger partial charge in [-0.15, -0.1) is 0 Å². The highest BCUT2D eigenvalue weighted by atomic mass is 16.5. The Morgan fingerprint density at radius 2 is 1.92 bits per heavy atom. The molecule has 0 radical (unpaired) electrons. The van der Waals surface area contributed by atoms with Gasteiger partial charge in [0.15, 0.2) is 0 Å². The van der Waals surface area contributed by atoms with Crippen LogP contribution in [0.25, 0.3) is 0 Å². The molecule has 0 unspecified atom stereocenters. The fraction of sp³-hybridized carbons (Fsp3) is 0.650. The lowest BCUT2D eigenvalue weighted by Gasteiger charge is -2.36. The normalized spacial score (nSPS) is 22.1. The molecule has 0 aromatic heterocycles.